The van der Waals surface area contributed by atoms with Crippen LogP contribution in [0.1, 0.15) is 27.2 Å². The molecule has 76 valence electrons. The Kier molecular flexibility index (Phi) is 5.41. The topological polar surface area (TPSA) is 52.9 Å². The number of terminal acetylenes is 1. The van der Waals surface area contributed by atoms with Gasteiger partial charge in [-0.05, 0) is 12.8 Å². The highest BCUT2D eigenvalue weighted by Gasteiger charge is 2.22. The molecule has 0 saturated heterocycles. The van der Waals surface area contributed by atoms with Gasteiger partial charge in [-0.25, -0.2) is 0 Å². The van der Waals surface area contributed by atoms with E-state index in [9.17, 15) is 4.79 Å². The van der Waals surface area contributed by atoms with Crippen LogP contribution < -0.4 is 5.32 Å². The summed E-state index contributed by atoms with van der Waals surface area (Å²) in [5.41, 5.74) is 0. The predicted molar refractivity (Wildman–Crippen MR) is 55.0 cm³/mol. The zero-order valence-electron chi connectivity index (χ0n) is 8.87. The second kappa shape index (κ2) is 6.05. The van der Waals surface area contributed by atoms with E-state index in [1.165, 1.54) is 0 Å². The van der Waals surface area contributed by atoms with Gasteiger partial charge < -0.3 is 5.32 Å². The van der Waals surface area contributed by atoms with E-state index < -0.39 is 5.92 Å². The summed E-state index contributed by atoms with van der Waals surface area (Å²) in [4.78, 5) is 11.5. The number of carbonyl (C=O) groups is 1. The van der Waals surface area contributed by atoms with Crippen molar-refractivity contribution in [1.82, 2.24) is 5.32 Å². The fourth-order valence-electron chi connectivity index (χ4n) is 1.07. The van der Waals surface area contributed by atoms with E-state index in [1.807, 2.05) is 26.8 Å². The van der Waals surface area contributed by atoms with Crippen LogP contribution in [0.15, 0.2) is 0 Å². The molecule has 1 N–H and O–H groups in total. The van der Waals surface area contributed by atoms with Crippen LogP contribution in [0.5, 0.6) is 0 Å². The molecule has 0 radical (unpaired) electrons. The lowest BCUT2D eigenvalue weighted by Gasteiger charge is -2.16. The van der Waals surface area contributed by atoms with Crippen LogP contribution in [-0.4, -0.2) is 11.9 Å². The molecule has 0 aliphatic carbocycles. The van der Waals surface area contributed by atoms with E-state index in [0.717, 1.165) is 0 Å². The summed E-state index contributed by atoms with van der Waals surface area (Å²) in [5.74, 6) is 1.67. The zero-order chi connectivity index (χ0) is 11.1. The van der Waals surface area contributed by atoms with Gasteiger partial charge in [0, 0.05) is 12.5 Å². The molecule has 0 aliphatic rings. The molecular weight excluding hydrogens is 176 g/mol. The Morgan fingerprint density at radius 2 is 2.07 bits per heavy atom. The van der Waals surface area contributed by atoms with Crippen molar-refractivity contribution in [3.8, 4) is 18.4 Å². The summed E-state index contributed by atoms with van der Waals surface area (Å²) in [5, 5.41) is 11.5. The maximum absolute atomic E-state index is 11.5. The van der Waals surface area contributed by atoms with Crippen molar-refractivity contribution in [2.24, 2.45) is 11.8 Å². The Labute approximate surface area is 85.5 Å². The number of carbonyl (C=O) groups excluding carboxylic acids is 1. The first-order valence-corrected chi connectivity index (χ1v) is 4.66. The lowest BCUT2D eigenvalue weighted by Crippen LogP contribution is -2.38. The minimum absolute atomic E-state index is 0.0260. The number of amides is 1. The second-order valence-corrected chi connectivity index (χ2v) is 3.67. The van der Waals surface area contributed by atoms with Crippen LogP contribution in [0.2, 0.25) is 0 Å². The minimum atomic E-state index is -0.588. The average molecular weight is 192 g/mol. The molecule has 0 bridgehead atoms. The normalized spacial score (nSPS) is 13.9. The Bertz CT molecular complexity index is 270. The number of rotatable bonds is 4. The van der Waals surface area contributed by atoms with E-state index in [0.29, 0.717) is 6.42 Å². The summed E-state index contributed by atoms with van der Waals surface area (Å²) in [6, 6.07) is 1.92. The first kappa shape index (κ1) is 12.5. The molecule has 3 heteroatoms. The van der Waals surface area contributed by atoms with E-state index in [1.54, 1.807) is 0 Å². The van der Waals surface area contributed by atoms with Crippen molar-refractivity contribution >= 4 is 5.91 Å². The van der Waals surface area contributed by atoms with Crippen LogP contribution in [-0.2, 0) is 4.79 Å². The maximum Gasteiger partial charge on any atom is 0.237 e. The summed E-state index contributed by atoms with van der Waals surface area (Å²) in [7, 11) is 0. The molecule has 2 atom stereocenters. The highest BCUT2D eigenvalue weighted by Crippen LogP contribution is 2.09. The van der Waals surface area contributed by atoms with Gasteiger partial charge in [0.05, 0.1) is 6.07 Å². The monoisotopic (exact) mass is 192 g/mol. The minimum Gasteiger partial charge on any atom is -0.352 e. The smallest absolute Gasteiger partial charge is 0.237 e. The van der Waals surface area contributed by atoms with Crippen molar-refractivity contribution in [3.05, 3.63) is 0 Å². The molecule has 0 heterocycles. The predicted octanol–water partition coefficient (Wildman–Crippen LogP) is 1.31. The third-order valence-corrected chi connectivity index (χ3v) is 1.90. The maximum atomic E-state index is 11.5. The molecule has 3 nitrogen and oxygen atoms in total. The molecule has 0 saturated carbocycles. The van der Waals surface area contributed by atoms with Crippen molar-refractivity contribution in [2.45, 2.75) is 33.2 Å². The van der Waals surface area contributed by atoms with Crippen LogP contribution in [0.4, 0.5) is 0 Å². The van der Waals surface area contributed by atoms with Gasteiger partial charge in [0.2, 0.25) is 5.91 Å². The Morgan fingerprint density at radius 1 is 1.50 bits per heavy atom. The highest BCUT2D eigenvalue weighted by atomic mass is 16.1. The van der Waals surface area contributed by atoms with Crippen molar-refractivity contribution < 1.29 is 4.79 Å². The first-order chi connectivity index (χ1) is 6.52. The van der Waals surface area contributed by atoms with Crippen molar-refractivity contribution in [1.29, 1.82) is 5.26 Å². The SMILES string of the molecule is C#CCC(C)NC(=O)C(C#N)C(C)C. The van der Waals surface area contributed by atoms with Gasteiger partial charge >= 0.3 is 0 Å². The number of nitrogens with one attached hydrogen (secondary N) is 1. The summed E-state index contributed by atoms with van der Waals surface area (Å²) >= 11 is 0. The fraction of sp³-hybridized carbons (Fsp3) is 0.636. The summed E-state index contributed by atoms with van der Waals surface area (Å²) < 4.78 is 0. The fourth-order valence-corrected chi connectivity index (χ4v) is 1.07. The van der Waals surface area contributed by atoms with Crippen LogP contribution in [0.25, 0.3) is 0 Å². The third-order valence-electron chi connectivity index (χ3n) is 1.90. The van der Waals surface area contributed by atoms with Gasteiger partial charge in [-0.2, -0.15) is 5.26 Å². The third kappa shape index (κ3) is 3.96. The lowest BCUT2D eigenvalue weighted by atomic mass is 9.96. The molecule has 0 rings (SSSR count). The molecule has 1 amide bonds. The zero-order valence-corrected chi connectivity index (χ0v) is 8.87. The molecule has 2 unspecified atom stereocenters. The molecule has 0 fully saturated rings. The van der Waals surface area contributed by atoms with Crippen LogP contribution >= 0.6 is 0 Å². The number of hydrogen-bond acceptors (Lipinski definition) is 2. The highest BCUT2D eigenvalue weighted by molar-refractivity contribution is 5.81. The lowest BCUT2D eigenvalue weighted by molar-refractivity contribution is -0.125. The summed E-state index contributed by atoms with van der Waals surface area (Å²) in [6.45, 7) is 5.52. The first-order valence-electron chi connectivity index (χ1n) is 4.66. The molecular formula is C11H16N2O. The van der Waals surface area contributed by atoms with Gasteiger partial charge in [0.25, 0.3) is 0 Å². The van der Waals surface area contributed by atoms with Gasteiger partial charge in [0.15, 0.2) is 0 Å². The van der Waals surface area contributed by atoms with E-state index >= 15 is 0 Å². The second-order valence-electron chi connectivity index (χ2n) is 3.67. The van der Waals surface area contributed by atoms with Gasteiger partial charge in [-0.3, -0.25) is 4.79 Å². The van der Waals surface area contributed by atoms with Gasteiger partial charge in [-0.15, -0.1) is 12.3 Å². The molecule has 0 aliphatic heterocycles. The van der Waals surface area contributed by atoms with E-state index in [-0.39, 0.29) is 17.9 Å². The van der Waals surface area contributed by atoms with Crippen LogP contribution in [0, 0.1) is 35.5 Å². The Morgan fingerprint density at radius 3 is 2.43 bits per heavy atom. The van der Waals surface area contributed by atoms with Crippen molar-refractivity contribution in [2.75, 3.05) is 0 Å². The number of nitrogens with zero attached hydrogens (tertiary/aromatic N) is 1. The largest absolute Gasteiger partial charge is 0.352 e. The molecule has 0 aromatic carbocycles. The van der Waals surface area contributed by atoms with Gasteiger partial charge in [0.1, 0.15) is 5.92 Å². The van der Waals surface area contributed by atoms with Crippen molar-refractivity contribution in [3.63, 3.8) is 0 Å². The summed E-state index contributed by atoms with van der Waals surface area (Å²) in [6.07, 6.45) is 5.60. The number of nitriles is 1. The van der Waals surface area contributed by atoms with Crippen LogP contribution in [0.3, 0.4) is 0 Å². The molecule has 0 aromatic rings. The van der Waals surface area contributed by atoms with E-state index in [4.69, 9.17) is 11.7 Å². The number of hydrogen-bond donors (Lipinski definition) is 1. The Hall–Kier alpha value is -1.48. The molecule has 14 heavy (non-hydrogen) atoms. The Balaban J connectivity index is 4.21. The van der Waals surface area contributed by atoms with E-state index in [2.05, 4.69) is 11.2 Å². The average Bonchev–Trinajstić information content (AvgIpc) is 2.04. The molecule has 0 aromatic heterocycles. The van der Waals surface area contributed by atoms with Gasteiger partial charge in [-0.1, -0.05) is 13.8 Å². The molecule has 0 spiro atoms. The quantitative estimate of drug-likeness (QED) is 0.683. The standard InChI is InChI=1S/C11H16N2O/c1-5-6-9(4)13-11(14)10(7-12)8(2)3/h1,8-10H,6H2,2-4H3,(H,13,14).